The van der Waals surface area contributed by atoms with Gasteiger partial charge in [0, 0.05) is 18.6 Å². The van der Waals surface area contributed by atoms with E-state index in [2.05, 4.69) is 12.6 Å². The molecule has 0 aliphatic carbocycles. The minimum atomic E-state index is 0.0120. The van der Waals surface area contributed by atoms with Crippen molar-refractivity contribution < 1.29 is 9.53 Å². The summed E-state index contributed by atoms with van der Waals surface area (Å²) in [4.78, 5) is 14.8. The fraction of sp³-hybridized carbons (Fsp3) is 0.462. The van der Waals surface area contributed by atoms with E-state index >= 15 is 0 Å². The number of hydrogen-bond donors (Lipinski definition) is 1. The number of ether oxygens (including phenoxy) is 1. The zero-order valence-corrected chi connectivity index (χ0v) is 11.0. The third kappa shape index (κ3) is 2.48. The number of benzene rings is 1. The second kappa shape index (κ2) is 5.10. The zero-order chi connectivity index (χ0) is 12.4. The molecule has 1 aliphatic heterocycles. The Morgan fingerprint density at radius 2 is 2.18 bits per heavy atom. The highest BCUT2D eigenvalue weighted by molar-refractivity contribution is 7.80. The number of likely N-dealkylation sites (N-methyl/N-ethyl adjacent to an activating group) is 1. The van der Waals surface area contributed by atoms with Gasteiger partial charge < -0.3 is 9.64 Å². The van der Waals surface area contributed by atoms with Crippen molar-refractivity contribution in [2.45, 2.75) is 30.4 Å². The summed E-state index contributed by atoms with van der Waals surface area (Å²) in [5, 5.41) is 0. The van der Waals surface area contributed by atoms with Crippen LogP contribution in [0, 0.1) is 0 Å². The topological polar surface area (TPSA) is 29.5 Å². The minimum Gasteiger partial charge on any atom is -0.376 e. The normalized spacial score (nSPS) is 23.7. The lowest BCUT2D eigenvalue weighted by Crippen LogP contribution is -2.41. The number of hydrogen-bond acceptors (Lipinski definition) is 3. The average molecular weight is 251 g/mol. The molecule has 2 atom stereocenters. The van der Waals surface area contributed by atoms with Crippen molar-refractivity contribution in [3.8, 4) is 0 Å². The van der Waals surface area contributed by atoms with Gasteiger partial charge in [-0.3, -0.25) is 4.79 Å². The lowest BCUT2D eigenvalue weighted by atomic mass is 10.1. The first-order valence-electron chi connectivity index (χ1n) is 5.78. The van der Waals surface area contributed by atoms with Crippen LogP contribution in [-0.4, -0.2) is 36.6 Å². The summed E-state index contributed by atoms with van der Waals surface area (Å²) in [6, 6.07) is 7.53. The second-order valence-corrected chi connectivity index (χ2v) is 4.85. The molecule has 0 saturated carbocycles. The van der Waals surface area contributed by atoms with E-state index in [1.54, 1.807) is 4.90 Å². The van der Waals surface area contributed by atoms with Crippen LogP contribution < -0.4 is 0 Å². The summed E-state index contributed by atoms with van der Waals surface area (Å²) in [6.45, 7) is 2.74. The summed E-state index contributed by atoms with van der Waals surface area (Å²) in [5.74, 6) is 0.0120. The van der Waals surface area contributed by atoms with E-state index in [1.165, 1.54) is 0 Å². The highest BCUT2D eigenvalue weighted by atomic mass is 32.1. The Morgan fingerprint density at radius 1 is 1.47 bits per heavy atom. The number of rotatable bonds is 2. The maximum absolute atomic E-state index is 12.3. The van der Waals surface area contributed by atoms with Gasteiger partial charge in [0.2, 0.25) is 0 Å². The Balaban J connectivity index is 2.17. The molecule has 0 spiro atoms. The maximum atomic E-state index is 12.3. The first-order valence-corrected chi connectivity index (χ1v) is 6.22. The summed E-state index contributed by atoms with van der Waals surface area (Å²) < 4.78 is 5.49. The van der Waals surface area contributed by atoms with Crippen molar-refractivity contribution in [3.05, 3.63) is 29.8 Å². The third-order valence-corrected chi connectivity index (χ3v) is 3.68. The molecule has 0 bridgehead atoms. The molecule has 1 aromatic carbocycles. The van der Waals surface area contributed by atoms with Crippen molar-refractivity contribution in [1.29, 1.82) is 0 Å². The third-order valence-electron chi connectivity index (χ3n) is 3.29. The monoisotopic (exact) mass is 251 g/mol. The predicted octanol–water partition coefficient (Wildman–Crippen LogP) is 2.22. The Kier molecular flexibility index (Phi) is 3.74. The van der Waals surface area contributed by atoms with Gasteiger partial charge >= 0.3 is 0 Å². The van der Waals surface area contributed by atoms with Gasteiger partial charge in [-0.2, -0.15) is 0 Å². The SMILES string of the molecule is CC1OCCC1N(C)C(=O)c1ccccc1S. The largest absolute Gasteiger partial charge is 0.376 e. The van der Waals surface area contributed by atoms with E-state index in [4.69, 9.17) is 4.74 Å². The standard InChI is InChI=1S/C13H17NO2S/c1-9-11(7-8-16-9)14(2)13(15)10-5-3-4-6-12(10)17/h3-6,9,11,17H,7-8H2,1-2H3. The lowest BCUT2D eigenvalue weighted by molar-refractivity contribution is 0.0572. The second-order valence-electron chi connectivity index (χ2n) is 4.37. The van der Waals surface area contributed by atoms with Crippen molar-refractivity contribution >= 4 is 18.5 Å². The van der Waals surface area contributed by atoms with Gasteiger partial charge in [0.25, 0.3) is 5.91 Å². The molecule has 4 heteroatoms. The Morgan fingerprint density at radius 3 is 2.76 bits per heavy atom. The Hall–Kier alpha value is -1.00. The molecule has 0 N–H and O–H groups in total. The van der Waals surface area contributed by atoms with Crippen molar-refractivity contribution in [3.63, 3.8) is 0 Å². The predicted molar refractivity (Wildman–Crippen MR) is 69.6 cm³/mol. The average Bonchev–Trinajstić information content (AvgIpc) is 2.74. The molecule has 1 saturated heterocycles. The number of carbonyl (C=O) groups is 1. The molecule has 17 heavy (non-hydrogen) atoms. The zero-order valence-electron chi connectivity index (χ0n) is 10.1. The van der Waals surface area contributed by atoms with Crippen LogP contribution in [0.4, 0.5) is 0 Å². The van der Waals surface area contributed by atoms with Gasteiger partial charge in [0.1, 0.15) is 0 Å². The summed E-state index contributed by atoms with van der Waals surface area (Å²) >= 11 is 4.32. The van der Waals surface area contributed by atoms with Crippen LogP contribution in [0.3, 0.4) is 0 Å². The summed E-state index contributed by atoms with van der Waals surface area (Å²) in [7, 11) is 1.83. The van der Waals surface area contributed by atoms with Crippen LogP contribution >= 0.6 is 12.6 Å². The molecule has 0 radical (unpaired) electrons. The molecular formula is C13H17NO2S. The van der Waals surface area contributed by atoms with Crippen LogP contribution in [0.15, 0.2) is 29.2 Å². The number of carbonyl (C=O) groups excluding carboxylic acids is 1. The van der Waals surface area contributed by atoms with Gasteiger partial charge in [-0.25, -0.2) is 0 Å². The van der Waals surface area contributed by atoms with Crippen LogP contribution in [0.1, 0.15) is 23.7 Å². The van der Waals surface area contributed by atoms with E-state index in [0.29, 0.717) is 5.56 Å². The van der Waals surface area contributed by atoms with E-state index < -0.39 is 0 Å². The molecule has 2 rings (SSSR count). The quantitative estimate of drug-likeness (QED) is 0.817. The fourth-order valence-electron chi connectivity index (χ4n) is 2.22. The van der Waals surface area contributed by atoms with Gasteiger partial charge in [0.15, 0.2) is 0 Å². The van der Waals surface area contributed by atoms with Gasteiger partial charge in [-0.1, -0.05) is 12.1 Å². The van der Waals surface area contributed by atoms with Crippen LogP contribution in [0.5, 0.6) is 0 Å². The summed E-state index contributed by atoms with van der Waals surface area (Å²) in [6.07, 6.45) is 1.01. The highest BCUT2D eigenvalue weighted by Crippen LogP contribution is 2.22. The fourth-order valence-corrected chi connectivity index (χ4v) is 2.48. The van der Waals surface area contributed by atoms with Gasteiger partial charge in [0.05, 0.1) is 17.7 Å². The smallest absolute Gasteiger partial charge is 0.255 e. The molecule has 1 fully saturated rings. The molecule has 3 nitrogen and oxygen atoms in total. The molecular weight excluding hydrogens is 234 g/mol. The number of thiol groups is 1. The number of nitrogens with zero attached hydrogens (tertiary/aromatic N) is 1. The molecule has 2 unspecified atom stereocenters. The molecule has 92 valence electrons. The van der Waals surface area contributed by atoms with Crippen molar-refractivity contribution in [1.82, 2.24) is 4.90 Å². The van der Waals surface area contributed by atoms with Crippen molar-refractivity contribution in [2.24, 2.45) is 0 Å². The van der Waals surface area contributed by atoms with E-state index in [1.807, 2.05) is 38.2 Å². The molecule has 1 amide bonds. The number of amides is 1. The van der Waals surface area contributed by atoms with Crippen LogP contribution in [0.25, 0.3) is 0 Å². The maximum Gasteiger partial charge on any atom is 0.255 e. The minimum absolute atomic E-state index is 0.0120. The van der Waals surface area contributed by atoms with Crippen LogP contribution in [0.2, 0.25) is 0 Å². The van der Waals surface area contributed by atoms with Crippen LogP contribution in [-0.2, 0) is 4.74 Å². The Bertz CT molecular complexity index is 422. The highest BCUT2D eigenvalue weighted by Gasteiger charge is 2.31. The molecule has 1 aromatic rings. The van der Waals surface area contributed by atoms with Gasteiger partial charge in [-0.05, 0) is 25.5 Å². The lowest BCUT2D eigenvalue weighted by Gasteiger charge is -2.27. The Labute approximate surface area is 107 Å². The van der Waals surface area contributed by atoms with Gasteiger partial charge in [-0.15, -0.1) is 12.6 Å². The summed E-state index contributed by atoms with van der Waals surface area (Å²) in [5.41, 5.74) is 0.650. The molecule has 1 heterocycles. The first-order chi connectivity index (χ1) is 8.11. The van der Waals surface area contributed by atoms with Crippen molar-refractivity contribution in [2.75, 3.05) is 13.7 Å². The first kappa shape index (κ1) is 12.5. The van der Waals surface area contributed by atoms with E-state index in [-0.39, 0.29) is 18.1 Å². The molecule has 0 aromatic heterocycles. The molecule has 1 aliphatic rings. The van der Waals surface area contributed by atoms with E-state index in [9.17, 15) is 4.79 Å². The van der Waals surface area contributed by atoms with E-state index in [0.717, 1.165) is 17.9 Å².